The fourth-order valence-corrected chi connectivity index (χ4v) is 2.13. The third-order valence-corrected chi connectivity index (χ3v) is 3.12. The van der Waals surface area contributed by atoms with Crippen LogP contribution < -0.4 is 5.32 Å². The summed E-state index contributed by atoms with van der Waals surface area (Å²) in [6.07, 6.45) is 0. The number of nitrogens with zero attached hydrogens (tertiary/aromatic N) is 3. The predicted octanol–water partition coefficient (Wildman–Crippen LogP) is 3.69. The maximum Gasteiger partial charge on any atom is 0.187 e. The fraction of sp³-hybridized carbons (Fsp3) is 0.0625. The first kappa shape index (κ1) is 13.0. The van der Waals surface area contributed by atoms with Gasteiger partial charge >= 0.3 is 0 Å². The Balaban J connectivity index is 2.19. The molecule has 0 bridgehead atoms. The number of aryl methyl sites for hydroxylation is 1. The van der Waals surface area contributed by atoms with Crippen LogP contribution in [0.15, 0.2) is 42.5 Å². The van der Waals surface area contributed by atoms with E-state index in [0.717, 1.165) is 10.9 Å². The number of aromatic nitrogens is 2. The lowest BCUT2D eigenvalue weighted by atomic mass is 10.1. The third-order valence-electron chi connectivity index (χ3n) is 3.12. The Morgan fingerprint density at radius 1 is 1.14 bits per heavy atom. The summed E-state index contributed by atoms with van der Waals surface area (Å²) in [5, 5.41) is 21.0. The highest BCUT2D eigenvalue weighted by Gasteiger charge is 2.11. The second kappa shape index (κ2) is 5.17. The molecule has 3 aromatic rings. The molecule has 0 aliphatic carbocycles. The zero-order valence-corrected chi connectivity index (χ0v) is 11.3. The first-order chi connectivity index (χ1) is 10.2. The summed E-state index contributed by atoms with van der Waals surface area (Å²) in [5.74, 6) is -0.346. The number of nitriles is 1. The minimum atomic E-state index is -0.346. The molecule has 102 valence electrons. The van der Waals surface area contributed by atoms with E-state index >= 15 is 0 Å². The van der Waals surface area contributed by atoms with E-state index in [1.807, 2.05) is 31.2 Å². The van der Waals surface area contributed by atoms with Crippen LogP contribution in [0.25, 0.3) is 10.9 Å². The van der Waals surface area contributed by atoms with Crippen molar-refractivity contribution in [2.24, 2.45) is 0 Å². The molecule has 21 heavy (non-hydrogen) atoms. The molecular weight excluding hydrogens is 267 g/mol. The molecular formula is C16H11FN4. The number of fused-ring (bicyclic) bond motifs is 1. The Morgan fingerprint density at radius 2 is 2.00 bits per heavy atom. The van der Waals surface area contributed by atoms with Crippen molar-refractivity contribution >= 4 is 22.3 Å². The average Bonchev–Trinajstić information content (AvgIpc) is 2.48. The molecule has 1 N–H and O–H groups in total. The standard InChI is InChI=1S/C16H11FN4/c1-10-5-6-14-13(7-10)16(15(9-18)21-20-14)19-12-4-2-3-11(17)8-12/h2-8H,1H3,(H,19,20). The van der Waals surface area contributed by atoms with Gasteiger partial charge in [-0.1, -0.05) is 17.7 Å². The van der Waals surface area contributed by atoms with Gasteiger partial charge in [-0.05, 0) is 37.3 Å². The van der Waals surface area contributed by atoms with Gasteiger partial charge in [0.25, 0.3) is 0 Å². The number of nitrogens with one attached hydrogen (secondary N) is 1. The van der Waals surface area contributed by atoms with Crippen LogP contribution >= 0.6 is 0 Å². The van der Waals surface area contributed by atoms with Crippen LogP contribution in [0.2, 0.25) is 0 Å². The van der Waals surface area contributed by atoms with Crippen molar-refractivity contribution < 1.29 is 4.39 Å². The molecule has 0 spiro atoms. The van der Waals surface area contributed by atoms with E-state index in [4.69, 9.17) is 0 Å². The van der Waals surface area contributed by atoms with Crippen molar-refractivity contribution in [2.45, 2.75) is 6.92 Å². The first-order valence-corrected chi connectivity index (χ1v) is 6.37. The van der Waals surface area contributed by atoms with Gasteiger partial charge in [-0.25, -0.2) is 4.39 Å². The van der Waals surface area contributed by atoms with Crippen LogP contribution in [0.3, 0.4) is 0 Å². The molecule has 0 fully saturated rings. The SMILES string of the molecule is Cc1ccc2nnc(C#N)c(Nc3cccc(F)c3)c2c1. The quantitative estimate of drug-likeness (QED) is 0.776. The summed E-state index contributed by atoms with van der Waals surface area (Å²) < 4.78 is 13.3. The number of benzene rings is 2. The van der Waals surface area contributed by atoms with Crippen LogP contribution in [-0.2, 0) is 0 Å². The Labute approximate surface area is 120 Å². The molecule has 5 heteroatoms. The molecule has 0 unspecified atom stereocenters. The summed E-state index contributed by atoms with van der Waals surface area (Å²) in [6, 6.07) is 13.8. The molecule has 1 aromatic heterocycles. The van der Waals surface area contributed by atoms with E-state index in [0.29, 0.717) is 16.9 Å². The molecule has 0 aliphatic rings. The highest BCUT2D eigenvalue weighted by atomic mass is 19.1. The average molecular weight is 278 g/mol. The van der Waals surface area contributed by atoms with Gasteiger partial charge in [-0.15, -0.1) is 10.2 Å². The van der Waals surface area contributed by atoms with E-state index < -0.39 is 0 Å². The minimum absolute atomic E-state index is 0.178. The lowest BCUT2D eigenvalue weighted by Gasteiger charge is -2.11. The Morgan fingerprint density at radius 3 is 2.76 bits per heavy atom. The maximum absolute atomic E-state index is 13.3. The number of anilines is 2. The molecule has 0 saturated heterocycles. The van der Waals surface area contributed by atoms with Gasteiger partial charge in [0.1, 0.15) is 11.9 Å². The fourth-order valence-electron chi connectivity index (χ4n) is 2.13. The lowest BCUT2D eigenvalue weighted by molar-refractivity contribution is 0.628. The second-order valence-corrected chi connectivity index (χ2v) is 4.69. The highest BCUT2D eigenvalue weighted by molar-refractivity contribution is 5.95. The normalized spacial score (nSPS) is 10.3. The van der Waals surface area contributed by atoms with E-state index in [9.17, 15) is 9.65 Å². The molecule has 0 atom stereocenters. The van der Waals surface area contributed by atoms with Gasteiger partial charge in [0.15, 0.2) is 5.69 Å². The zero-order valence-electron chi connectivity index (χ0n) is 11.3. The minimum Gasteiger partial charge on any atom is -0.352 e. The molecule has 1 heterocycles. The molecule has 0 radical (unpaired) electrons. The van der Waals surface area contributed by atoms with Crippen LogP contribution in [-0.4, -0.2) is 10.2 Å². The van der Waals surface area contributed by atoms with Crippen molar-refractivity contribution in [3.05, 3.63) is 59.5 Å². The van der Waals surface area contributed by atoms with Crippen molar-refractivity contribution in [2.75, 3.05) is 5.32 Å². The van der Waals surface area contributed by atoms with Gasteiger partial charge in [-0.2, -0.15) is 5.26 Å². The topological polar surface area (TPSA) is 61.6 Å². The summed E-state index contributed by atoms with van der Waals surface area (Å²) in [6.45, 7) is 1.96. The monoisotopic (exact) mass is 278 g/mol. The summed E-state index contributed by atoms with van der Waals surface area (Å²) in [5.41, 5.74) is 3.00. The van der Waals surface area contributed by atoms with Crippen LogP contribution in [0, 0.1) is 24.1 Å². The highest BCUT2D eigenvalue weighted by Crippen LogP contribution is 2.28. The smallest absolute Gasteiger partial charge is 0.187 e. The van der Waals surface area contributed by atoms with Gasteiger partial charge in [-0.3, -0.25) is 0 Å². The number of rotatable bonds is 2. The van der Waals surface area contributed by atoms with Crippen LogP contribution in [0.1, 0.15) is 11.3 Å². The molecule has 4 nitrogen and oxygen atoms in total. The van der Waals surface area contributed by atoms with Gasteiger partial charge in [0.2, 0.25) is 0 Å². The number of hydrogen-bond acceptors (Lipinski definition) is 4. The summed E-state index contributed by atoms with van der Waals surface area (Å²) >= 11 is 0. The first-order valence-electron chi connectivity index (χ1n) is 6.37. The van der Waals surface area contributed by atoms with E-state index in [2.05, 4.69) is 15.5 Å². The van der Waals surface area contributed by atoms with Gasteiger partial charge < -0.3 is 5.32 Å². The zero-order chi connectivity index (χ0) is 14.8. The molecule has 3 rings (SSSR count). The number of halogens is 1. The van der Waals surface area contributed by atoms with E-state index in [-0.39, 0.29) is 11.5 Å². The largest absolute Gasteiger partial charge is 0.352 e. The van der Waals surface area contributed by atoms with Gasteiger partial charge in [0.05, 0.1) is 11.2 Å². The van der Waals surface area contributed by atoms with Crippen molar-refractivity contribution in [3.8, 4) is 6.07 Å². The summed E-state index contributed by atoms with van der Waals surface area (Å²) in [7, 11) is 0. The predicted molar refractivity (Wildman–Crippen MR) is 78.7 cm³/mol. The van der Waals surface area contributed by atoms with E-state index in [1.54, 1.807) is 12.1 Å². The van der Waals surface area contributed by atoms with Crippen molar-refractivity contribution in [3.63, 3.8) is 0 Å². The van der Waals surface area contributed by atoms with E-state index in [1.165, 1.54) is 12.1 Å². The Kier molecular flexibility index (Phi) is 3.20. The molecule has 0 amide bonds. The van der Waals surface area contributed by atoms with Crippen LogP contribution in [0.5, 0.6) is 0 Å². The molecule has 0 aliphatic heterocycles. The van der Waals surface area contributed by atoms with Gasteiger partial charge in [0, 0.05) is 11.1 Å². The van der Waals surface area contributed by atoms with Crippen molar-refractivity contribution in [1.29, 1.82) is 5.26 Å². The maximum atomic E-state index is 13.3. The van der Waals surface area contributed by atoms with Crippen LogP contribution in [0.4, 0.5) is 15.8 Å². The number of hydrogen-bond donors (Lipinski definition) is 1. The molecule has 0 saturated carbocycles. The Bertz CT molecular complexity index is 868. The molecule has 2 aromatic carbocycles. The lowest BCUT2D eigenvalue weighted by Crippen LogP contribution is -2.00. The summed E-state index contributed by atoms with van der Waals surface area (Å²) in [4.78, 5) is 0. The Hall–Kier alpha value is -3.00. The second-order valence-electron chi connectivity index (χ2n) is 4.69. The third kappa shape index (κ3) is 2.51. The van der Waals surface area contributed by atoms with Crippen molar-refractivity contribution in [1.82, 2.24) is 10.2 Å².